The average Bonchev–Trinajstić information content (AvgIpc) is 3.26. The van der Waals surface area contributed by atoms with Crippen LogP contribution in [-0.2, 0) is 0 Å². The van der Waals surface area contributed by atoms with Gasteiger partial charge >= 0.3 is 0 Å². The molecule has 0 spiro atoms. The number of hydrogen-bond donors (Lipinski definition) is 2. The highest BCUT2D eigenvalue weighted by atomic mass is 32.1. The number of nitrogens with one attached hydrogen (secondary N) is 1. The van der Waals surface area contributed by atoms with E-state index in [9.17, 15) is 4.79 Å². The second-order valence-electron chi connectivity index (χ2n) is 8.45. The molecule has 2 atom stereocenters. The van der Waals surface area contributed by atoms with Crippen LogP contribution in [0.4, 0.5) is 16.6 Å². The van der Waals surface area contributed by atoms with Crippen molar-refractivity contribution in [3.8, 4) is 0 Å². The first-order valence-corrected chi connectivity index (χ1v) is 11.9. The molecule has 0 aliphatic carbocycles. The number of hydrogen-bond acceptors (Lipinski definition) is 9. The highest BCUT2D eigenvalue weighted by Crippen LogP contribution is 2.33. The van der Waals surface area contributed by atoms with Gasteiger partial charge in [-0.3, -0.25) is 4.79 Å². The minimum Gasteiger partial charge on any atom is -0.352 e. The fourth-order valence-corrected chi connectivity index (χ4v) is 5.05. The summed E-state index contributed by atoms with van der Waals surface area (Å²) in [6, 6.07) is 2.52. The van der Waals surface area contributed by atoms with Crippen molar-refractivity contribution in [3.63, 3.8) is 0 Å². The fraction of sp³-hybridized carbons (Fsp3) is 0.636. The van der Waals surface area contributed by atoms with Gasteiger partial charge in [-0.05, 0) is 83.3 Å². The van der Waals surface area contributed by atoms with E-state index in [1.807, 2.05) is 0 Å². The van der Waals surface area contributed by atoms with Gasteiger partial charge < -0.3 is 20.9 Å². The van der Waals surface area contributed by atoms with E-state index >= 15 is 0 Å². The first-order valence-electron chi connectivity index (χ1n) is 11.1. The zero-order valence-corrected chi connectivity index (χ0v) is 19.9. The molecule has 2 aromatic rings. The predicted molar refractivity (Wildman–Crippen MR) is 128 cm³/mol. The molecule has 0 bridgehead atoms. The Morgan fingerprint density at radius 1 is 1.19 bits per heavy atom. The van der Waals surface area contributed by atoms with Crippen LogP contribution in [0.15, 0.2) is 12.3 Å². The normalized spacial score (nSPS) is 22.5. The third-order valence-electron chi connectivity index (χ3n) is 6.47. The lowest BCUT2D eigenvalue weighted by atomic mass is 9.92. The lowest BCUT2D eigenvalue weighted by molar-refractivity contribution is 0.111. The lowest BCUT2D eigenvalue weighted by Gasteiger charge is -2.38. The molecule has 3 N–H and O–H groups in total. The first kappa shape index (κ1) is 23.6. The van der Waals surface area contributed by atoms with Crippen molar-refractivity contribution in [1.29, 1.82) is 0 Å². The number of nitrogens with zero attached hydrogens (tertiary/aromatic N) is 5. The van der Waals surface area contributed by atoms with Crippen LogP contribution < -0.4 is 16.0 Å². The van der Waals surface area contributed by atoms with Gasteiger partial charge in [-0.2, -0.15) is 4.37 Å². The number of likely N-dealkylation sites (tertiary alicyclic amines) is 1. The summed E-state index contributed by atoms with van der Waals surface area (Å²) >= 11 is 1.43. The zero-order valence-electron chi connectivity index (χ0n) is 19.0. The monoisotopic (exact) mass is 445 g/mol. The SMILES string of the molecule is CC1CCCN(c2cnc(C=O)c(Nc3cc(C4CCN(C)CC4)ns3)n2)C1C.CN. The van der Waals surface area contributed by atoms with Crippen LogP contribution in [0.5, 0.6) is 0 Å². The van der Waals surface area contributed by atoms with E-state index in [0.29, 0.717) is 29.4 Å². The van der Waals surface area contributed by atoms with Gasteiger partial charge in [0.1, 0.15) is 16.5 Å². The fourth-order valence-electron chi connectivity index (χ4n) is 4.33. The Kier molecular flexibility index (Phi) is 8.34. The van der Waals surface area contributed by atoms with Crippen LogP contribution in [0.2, 0.25) is 0 Å². The molecule has 9 heteroatoms. The van der Waals surface area contributed by atoms with Gasteiger partial charge in [-0.25, -0.2) is 9.97 Å². The van der Waals surface area contributed by atoms with Crippen LogP contribution in [0.1, 0.15) is 61.6 Å². The minimum absolute atomic E-state index is 0.334. The van der Waals surface area contributed by atoms with Crippen molar-refractivity contribution >= 4 is 34.5 Å². The van der Waals surface area contributed by atoms with Gasteiger partial charge in [0.15, 0.2) is 12.1 Å². The standard InChI is InChI=1S/C21H30N6OS.CH5N/c1-14-5-4-8-27(15(14)2)19-12-22-18(13-28)21(23-19)24-20-11-17(25-29-20)16-6-9-26(3)10-7-16;1-2/h11-16H,4-10H2,1-3H3,(H,23,24);2H2,1H3. The Morgan fingerprint density at radius 2 is 1.94 bits per heavy atom. The maximum absolute atomic E-state index is 11.5. The summed E-state index contributed by atoms with van der Waals surface area (Å²) in [5.41, 5.74) is 5.97. The summed E-state index contributed by atoms with van der Waals surface area (Å²) in [4.78, 5) is 25.3. The summed E-state index contributed by atoms with van der Waals surface area (Å²) in [7, 11) is 3.67. The molecule has 2 saturated heterocycles. The van der Waals surface area contributed by atoms with Crippen molar-refractivity contribution < 1.29 is 4.79 Å². The van der Waals surface area contributed by atoms with E-state index in [-0.39, 0.29) is 0 Å². The third-order valence-corrected chi connectivity index (χ3v) is 7.19. The van der Waals surface area contributed by atoms with Gasteiger partial charge in [0.2, 0.25) is 0 Å². The zero-order chi connectivity index (χ0) is 22.4. The van der Waals surface area contributed by atoms with Gasteiger partial charge in [-0.1, -0.05) is 6.92 Å². The van der Waals surface area contributed by atoms with Crippen molar-refractivity contribution in [2.24, 2.45) is 11.7 Å². The van der Waals surface area contributed by atoms with Gasteiger partial charge in [0, 0.05) is 18.5 Å². The number of anilines is 3. The lowest BCUT2D eigenvalue weighted by Crippen LogP contribution is -2.43. The second kappa shape index (κ2) is 11.0. The Labute approximate surface area is 189 Å². The van der Waals surface area contributed by atoms with Crippen LogP contribution in [0.3, 0.4) is 0 Å². The second-order valence-corrected chi connectivity index (χ2v) is 9.26. The Morgan fingerprint density at radius 3 is 2.65 bits per heavy atom. The maximum atomic E-state index is 11.5. The molecular weight excluding hydrogens is 410 g/mol. The quantitative estimate of drug-likeness (QED) is 0.675. The molecule has 170 valence electrons. The van der Waals surface area contributed by atoms with Gasteiger partial charge in [0.05, 0.1) is 11.9 Å². The number of piperidine rings is 2. The largest absolute Gasteiger partial charge is 0.352 e. The molecule has 0 radical (unpaired) electrons. The number of nitrogens with two attached hydrogens (primary N) is 1. The Balaban J connectivity index is 0.00000132. The number of rotatable bonds is 5. The van der Waals surface area contributed by atoms with E-state index in [0.717, 1.165) is 61.7 Å². The van der Waals surface area contributed by atoms with Crippen molar-refractivity contribution in [2.75, 3.05) is 43.9 Å². The molecule has 2 fully saturated rings. The maximum Gasteiger partial charge on any atom is 0.172 e. The van der Waals surface area contributed by atoms with Crippen LogP contribution in [-0.4, -0.2) is 65.3 Å². The molecule has 31 heavy (non-hydrogen) atoms. The molecule has 2 unspecified atom stereocenters. The molecule has 8 nitrogen and oxygen atoms in total. The average molecular weight is 446 g/mol. The molecule has 2 aromatic heterocycles. The molecule has 4 heterocycles. The van der Waals surface area contributed by atoms with Crippen LogP contribution in [0.25, 0.3) is 0 Å². The van der Waals surface area contributed by atoms with Gasteiger partial charge in [-0.15, -0.1) is 0 Å². The number of aromatic nitrogens is 3. The summed E-state index contributed by atoms with van der Waals surface area (Å²) in [5.74, 6) is 2.47. The topological polar surface area (TPSA) is 100 Å². The predicted octanol–water partition coefficient (Wildman–Crippen LogP) is 3.50. The number of carbonyl (C=O) groups excluding carboxylic acids is 1. The van der Waals surface area contributed by atoms with Crippen molar-refractivity contribution in [2.45, 2.75) is 51.5 Å². The van der Waals surface area contributed by atoms with Crippen LogP contribution >= 0.6 is 11.5 Å². The molecule has 4 rings (SSSR count). The Bertz CT molecular complexity index is 850. The van der Waals surface area contributed by atoms with E-state index in [1.165, 1.54) is 25.0 Å². The molecule has 2 aliphatic rings. The first-order chi connectivity index (χ1) is 15.0. The van der Waals surface area contributed by atoms with E-state index in [1.54, 1.807) is 6.20 Å². The third kappa shape index (κ3) is 5.58. The smallest absolute Gasteiger partial charge is 0.172 e. The summed E-state index contributed by atoms with van der Waals surface area (Å²) in [6.45, 7) is 7.72. The minimum atomic E-state index is 0.334. The van der Waals surface area contributed by atoms with Gasteiger partial charge in [0.25, 0.3) is 0 Å². The highest BCUT2D eigenvalue weighted by Gasteiger charge is 2.27. The van der Waals surface area contributed by atoms with Crippen LogP contribution in [0, 0.1) is 5.92 Å². The summed E-state index contributed by atoms with van der Waals surface area (Å²) in [5, 5.41) is 4.22. The Hall–Kier alpha value is -2.10. The summed E-state index contributed by atoms with van der Waals surface area (Å²) in [6.07, 6.45) is 7.16. The molecule has 0 amide bonds. The summed E-state index contributed by atoms with van der Waals surface area (Å²) < 4.78 is 4.66. The van der Waals surface area contributed by atoms with E-state index in [2.05, 4.69) is 57.2 Å². The van der Waals surface area contributed by atoms with Crippen molar-refractivity contribution in [1.82, 2.24) is 19.2 Å². The number of aldehydes is 1. The van der Waals surface area contributed by atoms with E-state index in [4.69, 9.17) is 4.98 Å². The molecule has 0 saturated carbocycles. The van der Waals surface area contributed by atoms with Crippen molar-refractivity contribution in [3.05, 3.63) is 23.7 Å². The highest BCUT2D eigenvalue weighted by molar-refractivity contribution is 7.10. The molecular formula is C22H35N7OS. The van der Waals surface area contributed by atoms with E-state index < -0.39 is 0 Å². The molecule has 2 aliphatic heterocycles. The number of carbonyl (C=O) groups is 1. The molecule has 0 aromatic carbocycles.